The fourth-order valence-electron chi connectivity index (χ4n) is 3.82. The van der Waals surface area contributed by atoms with E-state index in [1.54, 1.807) is 43.4 Å². The second kappa shape index (κ2) is 9.27. The molecule has 0 aliphatic heterocycles. The quantitative estimate of drug-likeness (QED) is 0.220. The van der Waals surface area contributed by atoms with E-state index < -0.39 is 23.8 Å². The zero-order valence-electron chi connectivity index (χ0n) is 17.8. The first-order valence-electron chi connectivity index (χ1n) is 10.2. The van der Waals surface area contributed by atoms with Gasteiger partial charge in [-0.3, -0.25) is 14.9 Å². The van der Waals surface area contributed by atoms with Gasteiger partial charge in [0.1, 0.15) is 5.76 Å². The molecular formula is C25H21N2O5P. The van der Waals surface area contributed by atoms with Crippen molar-refractivity contribution in [1.82, 2.24) is 4.90 Å². The Labute approximate surface area is 190 Å². The summed E-state index contributed by atoms with van der Waals surface area (Å²) in [6.45, 7) is 0. The van der Waals surface area contributed by atoms with Gasteiger partial charge in [-0.2, -0.15) is 0 Å². The van der Waals surface area contributed by atoms with E-state index in [1.807, 2.05) is 36.4 Å². The average molecular weight is 460 g/mol. The van der Waals surface area contributed by atoms with Gasteiger partial charge >= 0.3 is 0 Å². The van der Waals surface area contributed by atoms with Crippen molar-refractivity contribution in [2.45, 2.75) is 5.78 Å². The van der Waals surface area contributed by atoms with Gasteiger partial charge in [0.15, 0.2) is 12.9 Å². The number of furan rings is 1. The first-order valence-corrected chi connectivity index (χ1v) is 12.0. The van der Waals surface area contributed by atoms with Crippen molar-refractivity contribution in [3.63, 3.8) is 0 Å². The van der Waals surface area contributed by atoms with Gasteiger partial charge in [0.2, 0.25) is 0 Å². The lowest BCUT2D eigenvalue weighted by atomic mass is 10.2. The number of nitro groups is 1. The maximum Gasteiger partial charge on any atom is 0.269 e. The van der Waals surface area contributed by atoms with Crippen molar-refractivity contribution in [1.29, 1.82) is 0 Å². The summed E-state index contributed by atoms with van der Waals surface area (Å²) in [5, 5.41) is 12.2. The molecule has 3 aromatic carbocycles. The van der Waals surface area contributed by atoms with Gasteiger partial charge < -0.3 is 13.9 Å². The van der Waals surface area contributed by atoms with Crippen molar-refractivity contribution < 1.29 is 18.7 Å². The number of nitrogens with zero attached hydrogens (tertiary/aromatic N) is 2. The number of carbonyl (C=O) groups is 1. The molecule has 0 N–H and O–H groups in total. The van der Waals surface area contributed by atoms with Crippen LogP contribution in [-0.2, 0) is 4.57 Å². The Balaban J connectivity index is 1.86. The molecule has 8 heteroatoms. The maximum atomic E-state index is 15.0. The Bertz CT molecular complexity index is 1250. The van der Waals surface area contributed by atoms with Gasteiger partial charge in [0.05, 0.1) is 11.2 Å². The van der Waals surface area contributed by atoms with E-state index in [-0.39, 0.29) is 11.3 Å². The summed E-state index contributed by atoms with van der Waals surface area (Å²) < 4.78 is 20.7. The first-order chi connectivity index (χ1) is 15.9. The van der Waals surface area contributed by atoms with Gasteiger partial charge in [-0.05, 0) is 24.3 Å². The van der Waals surface area contributed by atoms with Crippen LogP contribution in [0.5, 0.6) is 0 Å². The van der Waals surface area contributed by atoms with Crippen molar-refractivity contribution in [2.75, 3.05) is 7.05 Å². The number of amides is 1. The van der Waals surface area contributed by atoms with Gasteiger partial charge in [0.25, 0.3) is 11.6 Å². The van der Waals surface area contributed by atoms with Crippen LogP contribution in [-0.4, -0.2) is 22.8 Å². The van der Waals surface area contributed by atoms with Crippen LogP contribution in [0.25, 0.3) is 0 Å². The smallest absolute Gasteiger partial charge is 0.269 e. The molecular weight excluding hydrogens is 439 g/mol. The number of hydrogen-bond donors (Lipinski definition) is 0. The Morgan fingerprint density at radius 2 is 1.42 bits per heavy atom. The van der Waals surface area contributed by atoms with Crippen molar-refractivity contribution in [3.8, 4) is 0 Å². The van der Waals surface area contributed by atoms with Crippen molar-refractivity contribution >= 4 is 29.3 Å². The molecule has 1 unspecified atom stereocenters. The molecule has 0 aliphatic carbocycles. The fraction of sp³-hybridized carbons (Fsp3) is 0.0800. The van der Waals surface area contributed by atoms with Crippen LogP contribution in [0.3, 0.4) is 0 Å². The number of hydrogen-bond acceptors (Lipinski definition) is 5. The molecule has 1 heterocycles. The van der Waals surface area contributed by atoms with Crippen LogP contribution >= 0.6 is 7.14 Å². The topological polar surface area (TPSA) is 93.7 Å². The first kappa shape index (κ1) is 22.2. The minimum atomic E-state index is -3.48. The monoisotopic (exact) mass is 460 g/mol. The molecule has 33 heavy (non-hydrogen) atoms. The number of carbonyl (C=O) groups excluding carboxylic acids is 1. The highest BCUT2D eigenvalue weighted by molar-refractivity contribution is 7.79. The summed E-state index contributed by atoms with van der Waals surface area (Å²) >= 11 is 0. The predicted octanol–water partition coefficient (Wildman–Crippen LogP) is 4.97. The fourth-order valence-corrected chi connectivity index (χ4v) is 7.01. The van der Waals surface area contributed by atoms with Gasteiger partial charge in [0, 0.05) is 35.4 Å². The Morgan fingerprint density at radius 3 is 1.88 bits per heavy atom. The summed E-state index contributed by atoms with van der Waals surface area (Å²) in [4.78, 5) is 25.3. The van der Waals surface area contributed by atoms with E-state index >= 15 is 0 Å². The molecule has 0 saturated heterocycles. The van der Waals surface area contributed by atoms with E-state index in [0.29, 0.717) is 16.4 Å². The third-order valence-corrected chi connectivity index (χ3v) is 8.85. The summed E-state index contributed by atoms with van der Waals surface area (Å²) in [5.74, 6) is -0.984. The Kier molecular flexibility index (Phi) is 6.24. The molecule has 0 bridgehead atoms. The van der Waals surface area contributed by atoms with Crippen LogP contribution < -0.4 is 10.6 Å². The third-order valence-electron chi connectivity index (χ3n) is 5.43. The largest absolute Gasteiger partial charge is 0.467 e. The Morgan fingerprint density at radius 1 is 0.879 bits per heavy atom. The van der Waals surface area contributed by atoms with E-state index in [1.165, 1.54) is 35.4 Å². The van der Waals surface area contributed by atoms with Crippen LogP contribution in [0.4, 0.5) is 5.69 Å². The van der Waals surface area contributed by atoms with Crippen molar-refractivity contribution in [3.05, 3.63) is 125 Å². The lowest BCUT2D eigenvalue weighted by Gasteiger charge is -2.34. The zero-order valence-corrected chi connectivity index (χ0v) is 18.7. The van der Waals surface area contributed by atoms with Crippen LogP contribution in [0.15, 0.2) is 108 Å². The average Bonchev–Trinajstić information content (AvgIpc) is 3.39. The highest BCUT2D eigenvalue weighted by Crippen LogP contribution is 2.58. The number of benzene rings is 3. The van der Waals surface area contributed by atoms with Crippen LogP contribution in [0, 0.1) is 10.1 Å². The molecule has 0 saturated carbocycles. The summed E-state index contributed by atoms with van der Waals surface area (Å²) in [6.07, 6.45) is 1.48. The molecule has 0 aliphatic rings. The van der Waals surface area contributed by atoms with Gasteiger partial charge in [-0.15, -0.1) is 0 Å². The predicted molar refractivity (Wildman–Crippen MR) is 126 cm³/mol. The normalized spacial score (nSPS) is 12.2. The molecule has 166 valence electrons. The van der Waals surface area contributed by atoms with Crippen LogP contribution in [0.1, 0.15) is 21.9 Å². The van der Waals surface area contributed by atoms with Gasteiger partial charge in [-0.25, -0.2) is 0 Å². The summed E-state index contributed by atoms with van der Waals surface area (Å²) in [6, 6.07) is 26.8. The second-order valence-electron chi connectivity index (χ2n) is 7.44. The van der Waals surface area contributed by atoms with Crippen molar-refractivity contribution in [2.24, 2.45) is 0 Å². The van der Waals surface area contributed by atoms with Gasteiger partial charge in [-0.1, -0.05) is 60.7 Å². The molecule has 1 aromatic heterocycles. The van der Waals surface area contributed by atoms with E-state index in [9.17, 15) is 19.5 Å². The molecule has 0 spiro atoms. The molecule has 4 rings (SSSR count). The second-order valence-corrected chi connectivity index (χ2v) is 10.3. The van der Waals surface area contributed by atoms with E-state index in [4.69, 9.17) is 4.42 Å². The molecule has 0 fully saturated rings. The minimum absolute atomic E-state index is 0.115. The number of non-ortho nitro benzene ring substituents is 1. The molecule has 7 nitrogen and oxygen atoms in total. The van der Waals surface area contributed by atoms with Crippen LogP contribution in [0.2, 0.25) is 0 Å². The highest BCUT2D eigenvalue weighted by atomic mass is 31.2. The lowest BCUT2D eigenvalue weighted by molar-refractivity contribution is -0.384. The highest BCUT2D eigenvalue weighted by Gasteiger charge is 2.43. The minimum Gasteiger partial charge on any atom is -0.467 e. The van der Waals surface area contributed by atoms with E-state index in [2.05, 4.69) is 0 Å². The molecule has 1 amide bonds. The standard InChI is InChI=1S/C25H21N2O5P/c1-26(24(28)19-14-16-20(17-15-19)27(29)30)25(23-13-8-18-32-23)33(31,21-9-4-2-5-10-21)22-11-6-3-7-12-22/h2-18,25H,1H3. The molecule has 1 atom stereocenters. The van der Waals surface area contributed by atoms with E-state index in [0.717, 1.165) is 0 Å². The summed E-state index contributed by atoms with van der Waals surface area (Å²) in [7, 11) is -1.91. The summed E-state index contributed by atoms with van der Waals surface area (Å²) in [5.41, 5.74) is 0.128. The SMILES string of the molecule is CN(C(=O)c1ccc([N+](=O)[O-])cc1)C(c1ccco1)P(=O)(c1ccccc1)c1ccccc1. The third kappa shape index (κ3) is 4.23. The number of rotatable bonds is 7. The Hall–Kier alpha value is -3.96. The molecule has 0 radical (unpaired) electrons. The molecule has 4 aromatic rings. The lowest BCUT2D eigenvalue weighted by Crippen LogP contribution is -2.36. The maximum absolute atomic E-state index is 15.0. The number of nitro benzene ring substituents is 1. The zero-order chi connectivity index (χ0) is 23.4.